The number of hydrogen-bond donors (Lipinski definition) is 0. The number of esters is 1. The minimum absolute atomic E-state index is 0.0874. The van der Waals surface area contributed by atoms with E-state index in [-0.39, 0.29) is 5.97 Å². The molecule has 0 saturated heterocycles. The molecule has 0 radical (unpaired) electrons. The first-order valence-corrected chi connectivity index (χ1v) is 6.69. The quantitative estimate of drug-likeness (QED) is 0.320. The lowest BCUT2D eigenvalue weighted by Crippen LogP contribution is -1.98. The maximum atomic E-state index is 10.8. The third-order valence-corrected chi connectivity index (χ3v) is 2.60. The highest BCUT2D eigenvalue weighted by atomic mass is 16.5. The number of carbonyl (C=O) groups excluding carboxylic acids is 1. The van der Waals surface area contributed by atoms with E-state index in [1.54, 1.807) is 0 Å². The van der Waals surface area contributed by atoms with E-state index >= 15 is 0 Å². The summed E-state index contributed by atoms with van der Waals surface area (Å²) in [5, 5.41) is 0. The molecule has 2 nitrogen and oxygen atoms in total. The van der Waals surface area contributed by atoms with Crippen molar-refractivity contribution in [3.05, 3.63) is 24.3 Å². The van der Waals surface area contributed by atoms with Crippen molar-refractivity contribution in [2.24, 2.45) is 0 Å². The molecule has 0 N–H and O–H groups in total. The predicted molar refractivity (Wildman–Crippen MR) is 72.9 cm³/mol. The second-order valence-corrected chi connectivity index (χ2v) is 4.15. The minimum Gasteiger partial charge on any atom is -0.469 e. The van der Waals surface area contributed by atoms with E-state index in [4.69, 9.17) is 0 Å². The van der Waals surface area contributed by atoms with E-state index in [9.17, 15) is 4.79 Å². The van der Waals surface area contributed by atoms with Gasteiger partial charge in [0.15, 0.2) is 0 Å². The Kier molecular flexibility index (Phi) is 12.2. The zero-order chi connectivity index (χ0) is 12.8. The average Bonchev–Trinajstić information content (AvgIpc) is 2.35. The number of methoxy groups -OCH3 is 1. The molecule has 0 aromatic heterocycles. The van der Waals surface area contributed by atoms with Gasteiger partial charge < -0.3 is 4.74 Å². The highest BCUT2D eigenvalue weighted by Crippen LogP contribution is 2.08. The highest BCUT2D eigenvalue weighted by Gasteiger charge is 1.98. The molecule has 0 aromatic rings. The van der Waals surface area contributed by atoms with Crippen LogP contribution < -0.4 is 0 Å². The SMILES string of the molecule is CC/C=C\C=C/CCCCCCCC(=O)OC. The maximum Gasteiger partial charge on any atom is 0.305 e. The highest BCUT2D eigenvalue weighted by molar-refractivity contribution is 5.68. The second-order valence-electron chi connectivity index (χ2n) is 4.15. The van der Waals surface area contributed by atoms with Gasteiger partial charge in [0.25, 0.3) is 0 Å². The monoisotopic (exact) mass is 238 g/mol. The number of carbonyl (C=O) groups is 1. The Morgan fingerprint density at radius 2 is 1.65 bits per heavy atom. The second kappa shape index (κ2) is 13.0. The summed E-state index contributed by atoms with van der Waals surface area (Å²) in [4.78, 5) is 10.8. The molecule has 0 aromatic carbocycles. The number of allylic oxidation sites excluding steroid dienone is 4. The molecule has 0 aliphatic carbocycles. The van der Waals surface area contributed by atoms with Crippen molar-refractivity contribution in [3.8, 4) is 0 Å². The first kappa shape index (κ1) is 16.0. The van der Waals surface area contributed by atoms with Crippen LogP contribution in [0.25, 0.3) is 0 Å². The molecule has 0 rings (SSSR count). The van der Waals surface area contributed by atoms with E-state index < -0.39 is 0 Å². The molecule has 0 aliphatic heterocycles. The van der Waals surface area contributed by atoms with Crippen LogP contribution in [0.4, 0.5) is 0 Å². The Bertz CT molecular complexity index is 229. The molecule has 0 fully saturated rings. The molecule has 0 atom stereocenters. The zero-order valence-electron chi connectivity index (χ0n) is 11.3. The molecule has 0 unspecified atom stereocenters. The Morgan fingerprint density at radius 3 is 2.35 bits per heavy atom. The lowest BCUT2D eigenvalue weighted by molar-refractivity contribution is -0.140. The summed E-state index contributed by atoms with van der Waals surface area (Å²) in [6.45, 7) is 2.14. The molecule has 2 heteroatoms. The largest absolute Gasteiger partial charge is 0.469 e. The van der Waals surface area contributed by atoms with E-state index in [2.05, 4.69) is 36.0 Å². The van der Waals surface area contributed by atoms with Gasteiger partial charge in [0.05, 0.1) is 7.11 Å². The van der Waals surface area contributed by atoms with Crippen molar-refractivity contribution in [2.75, 3.05) is 7.11 Å². The topological polar surface area (TPSA) is 26.3 Å². The van der Waals surface area contributed by atoms with Crippen molar-refractivity contribution in [3.63, 3.8) is 0 Å². The van der Waals surface area contributed by atoms with Crippen LogP contribution in [-0.4, -0.2) is 13.1 Å². The van der Waals surface area contributed by atoms with Gasteiger partial charge in [-0.3, -0.25) is 4.79 Å². The normalized spacial score (nSPS) is 11.4. The Balaban J connectivity index is 3.16. The van der Waals surface area contributed by atoms with Crippen LogP contribution in [0.2, 0.25) is 0 Å². The maximum absolute atomic E-state index is 10.8. The molecular formula is C15H26O2. The molecule has 0 heterocycles. The Hall–Kier alpha value is -1.05. The van der Waals surface area contributed by atoms with Crippen molar-refractivity contribution in [2.45, 2.75) is 58.3 Å². The van der Waals surface area contributed by atoms with Crippen molar-refractivity contribution in [1.82, 2.24) is 0 Å². The summed E-state index contributed by atoms with van der Waals surface area (Å²) in [6, 6.07) is 0. The average molecular weight is 238 g/mol. The summed E-state index contributed by atoms with van der Waals surface area (Å²) in [5.74, 6) is -0.0874. The van der Waals surface area contributed by atoms with Gasteiger partial charge in [0.2, 0.25) is 0 Å². The molecular weight excluding hydrogens is 212 g/mol. The van der Waals surface area contributed by atoms with Gasteiger partial charge in [-0.05, 0) is 25.7 Å². The summed E-state index contributed by atoms with van der Waals surface area (Å²) in [7, 11) is 1.45. The van der Waals surface area contributed by atoms with Crippen LogP contribution in [-0.2, 0) is 9.53 Å². The van der Waals surface area contributed by atoms with Gasteiger partial charge >= 0.3 is 5.97 Å². The van der Waals surface area contributed by atoms with Crippen molar-refractivity contribution >= 4 is 5.97 Å². The molecule has 0 saturated carbocycles. The van der Waals surface area contributed by atoms with Gasteiger partial charge in [0.1, 0.15) is 0 Å². The standard InChI is InChI=1S/C15H26O2/c1-3-4-5-6-7-8-9-10-11-12-13-14-15(16)17-2/h4-7H,3,8-14H2,1-2H3/b5-4-,7-6-. The summed E-state index contributed by atoms with van der Waals surface area (Å²) >= 11 is 0. The smallest absolute Gasteiger partial charge is 0.305 e. The number of rotatable bonds is 10. The third kappa shape index (κ3) is 12.9. The Morgan fingerprint density at radius 1 is 1.00 bits per heavy atom. The lowest BCUT2D eigenvalue weighted by Gasteiger charge is -1.99. The number of hydrogen-bond acceptors (Lipinski definition) is 2. The fourth-order valence-corrected chi connectivity index (χ4v) is 1.55. The third-order valence-electron chi connectivity index (χ3n) is 2.60. The van der Waals surface area contributed by atoms with Gasteiger partial charge in [-0.25, -0.2) is 0 Å². The van der Waals surface area contributed by atoms with Crippen molar-refractivity contribution in [1.29, 1.82) is 0 Å². The van der Waals surface area contributed by atoms with Crippen molar-refractivity contribution < 1.29 is 9.53 Å². The molecule has 0 amide bonds. The summed E-state index contributed by atoms with van der Waals surface area (Å²) in [5.41, 5.74) is 0. The number of unbranched alkanes of at least 4 members (excludes halogenated alkanes) is 5. The molecule has 0 bridgehead atoms. The summed E-state index contributed by atoms with van der Waals surface area (Å²) in [6.07, 6.45) is 17.2. The van der Waals surface area contributed by atoms with E-state index in [1.807, 2.05) is 0 Å². The minimum atomic E-state index is -0.0874. The molecule has 17 heavy (non-hydrogen) atoms. The van der Waals surface area contributed by atoms with E-state index in [1.165, 1.54) is 26.4 Å². The van der Waals surface area contributed by atoms with Gasteiger partial charge in [-0.2, -0.15) is 0 Å². The van der Waals surface area contributed by atoms with E-state index in [0.717, 1.165) is 25.7 Å². The summed E-state index contributed by atoms with van der Waals surface area (Å²) < 4.78 is 4.59. The van der Waals surface area contributed by atoms with Crippen LogP contribution in [0.5, 0.6) is 0 Å². The van der Waals surface area contributed by atoms with Gasteiger partial charge in [0, 0.05) is 6.42 Å². The van der Waals surface area contributed by atoms with Crippen LogP contribution >= 0.6 is 0 Å². The predicted octanol–water partition coefficient (Wildman–Crippen LogP) is 4.41. The van der Waals surface area contributed by atoms with Gasteiger partial charge in [-0.15, -0.1) is 0 Å². The fourth-order valence-electron chi connectivity index (χ4n) is 1.55. The first-order valence-electron chi connectivity index (χ1n) is 6.69. The van der Waals surface area contributed by atoms with E-state index in [0.29, 0.717) is 6.42 Å². The van der Waals surface area contributed by atoms with Gasteiger partial charge in [-0.1, -0.05) is 50.5 Å². The van der Waals surface area contributed by atoms with Crippen LogP contribution in [0.15, 0.2) is 24.3 Å². The number of ether oxygens (including phenoxy) is 1. The van der Waals surface area contributed by atoms with Crippen LogP contribution in [0.1, 0.15) is 58.3 Å². The first-order chi connectivity index (χ1) is 8.31. The zero-order valence-corrected chi connectivity index (χ0v) is 11.3. The Labute approximate surface area is 106 Å². The fraction of sp³-hybridized carbons (Fsp3) is 0.667. The molecule has 98 valence electrons. The lowest BCUT2D eigenvalue weighted by atomic mass is 10.1. The molecule has 0 spiro atoms. The van der Waals surface area contributed by atoms with Crippen LogP contribution in [0.3, 0.4) is 0 Å². The van der Waals surface area contributed by atoms with Crippen LogP contribution in [0, 0.1) is 0 Å². The molecule has 0 aliphatic rings.